The lowest BCUT2D eigenvalue weighted by Gasteiger charge is -2.23. The average molecular weight is 448 g/mol. The Morgan fingerprint density at radius 3 is 2.88 bits per heavy atom. The highest BCUT2D eigenvalue weighted by atomic mass is 35.5. The molecule has 4 heterocycles. The van der Waals surface area contributed by atoms with Crippen LogP contribution in [0.3, 0.4) is 0 Å². The van der Waals surface area contributed by atoms with E-state index < -0.39 is 17.4 Å². The number of carbonyl (C=O) groups is 2. The third kappa shape index (κ3) is 2.90. The molecule has 2 fully saturated rings. The van der Waals surface area contributed by atoms with Crippen LogP contribution in [0.4, 0.5) is 5.69 Å². The number of hydrogen-bond acceptors (Lipinski definition) is 3. The van der Waals surface area contributed by atoms with E-state index in [-0.39, 0.29) is 17.9 Å². The molecule has 2 N–H and O–H groups in total. The lowest BCUT2D eigenvalue weighted by atomic mass is 9.77. The molecule has 1 spiro atoms. The normalized spacial score (nSPS) is 28.0. The number of amides is 2. The number of anilines is 1. The molecule has 32 heavy (non-hydrogen) atoms. The summed E-state index contributed by atoms with van der Waals surface area (Å²) in [6, 6.07) is 15.3. The molecule has 6 nitrogen and oxygen atoms in total. The van der Waals surface area contributed by atoms with Crippen molar-refractivity contribution in [2.45, 2.75) is 18.1 Å². The Morgan fingerprint density at radius 2 is 2.03 bits per heavy atom. The maximum atomic E-state index is 13.4. The minimum atomic E-state index is -0.736. The third-order valence-corrected chi connectivity index (χ3v) is 7.16. The first-order chi connectivity index (χ1) is 15.6. The van der Waals surface area contributed by atoms with Gasteiger partial charge < -0.3 is 19.9 Å². The molecule has 2 aromatic carbocycles. The first-order valence-electron chi connectivity index (χ1n) is 10.8. The molecule has 0 aliphatic carbocycles. The number of nitrogens with one attached hydrogen (secondary N) is 2. The molecule has 3 aliphatic rings. The summed E-state index contributed by atoms with van der Waals surface area (Å²) in [6.07, 6.45) is 6.24. The van der Waals surface area contributed by atoms with E-state index in [4.69, 9.17) is 16.3 Å². The number of rotatable bonds is 5. The number of fused-ring (bicyclic) bond motifs is 2. The fraction of sp³-hybridized carbons (Fsp3) is 0.280. The second kappa shape index (κ2) is 7.22. The molecular weight excluding hydrogens is 426 g/mol. The summed E-state index contributed by atoms with van der Waals surface area (Å²) in [5, 5.41) is 4.83. The second-order valence-corrected chi connectivity index (χ2v) is 9.14. The van der Waals surface area contributed by atoms with Crippen molar-refractivity contribution in [2.24, 2.45) is 11.8 Å². The summed E-state index contributed by atoms with van der Waals surface area (Å²) < 4.78 is 6.21. The zero-order valence-electron chi connectivity index (χ0n) is 17.3. The highest BCUT2D eigenvalue weighted by Crippen LogP contribution is 2.52. The van der Waals surface area contributed by atoms with Crippen LogP contribution in [0.1, 0.15) is 5.56 Å². The van der Waals surface area contributed by atoms with Crippen molar-refractivity contribution < 1.29 is 14.3 Å². The van der Waals surface area contributed by atoms with E-state index in [1.807, 2.05) is 48.7 Å². The number of para-hydroxylation sites is 1. The molecule has 6 rings (SSSR count). The maximum absolute atomic E-state index is 13.4. The van der Waals surface area contributed by atoms with Crippen LogP contribution in [0.25, 0.3) is 10.9 Å². The molecule has 0 radical (unpaired) electrons. The van der Waals surface area contributed by atoms with Gasteiger partial charge in [0, 0.05) is 34.4 Å². The van der Waals surface area contributed by atoms with Crippen LogP contribution in [-0.2, 0) is 20.7 Å². The van der Waals surface area contributed by atoms with Gasteiger partial charge in [-0.25, -0.2) is 0 Å². The van der Waals surface area contributed by atoms with Gasteiger partial charge in [-0.2, -0.15) is 0 Å². The molecule has 0 saturated carbocycles. The number of aromatic nitrogens is 1. The number of aromatic amines is 1. The standard InChI is InChI=1S/C25H22ClN3O3/c26-16-5-7-17(8-6-16)29-14-25-11-9-20(32-25)21(22(25)24(29)31)23(30)27-12-10-15-13-28-19-4-2-1-3-18(15)19/h1-9,11,13,20-22,28H,10,12,14H2,(H,27,30)/t20-,21+,22+,25+/m0/s1. The zero-order valence-corrected chi connectivity index (χ0v) is 18.0. The molecule has 3 aliphatic heterocycles. The second-order valence-electron chi connectivity index (χ2n) is 8.70. The van der Waals surface area contributed by atoms with E-state index in [0.29, 0.717) is 24.5 Å². The van der Waals surface area contributed by atoms with Gasteiger partial charge >= 0.3 is 0 Å². The molecule has 0 unspecified atom stereocenters. The number of benzene rings is 2. The van der Waals surface area contributed by atoms with E-state index >= 15 is 0 Å². The molecule has 7 heteroatoms. The van der Waals surface area contributed by atoms with Crippen molar-refractivity contribution in [1.82, 2.24) is 10.3 Å². The van der Waals surface area contributed by atoms with E-state index in [1.54, 1.807) is 17.0 Å². The Labute approximate surface area is 190 Å². The van der Waals surface area contributed by atoms with Gasteiger partial charge in [-0.15, -0.1) is 0 Å². The fourth-order valence-electron chi connectivity index (χ4n) is 5.41. The van der Waals surface area contributed by atoms with E-state index in [1.165, 1.54) is 0 Å². The summed E-state index contributed by atoms with van der Waals surface area (Å²) in [7, 11) is 0. The van der Waals surface area contributed by atoms with Gasteiger partial charge in [0.15, 0.2) is 0 Å². The van der Waals surface area contributed by atoms with Crippen LogP contribution in [0, 0.1) is 11.8 Å². The number of carbonyl (C=O) groups excluding carboxylic acids is 2. The van der Waals surface area contributed by atoms with Crippen molar-refractivity contribution in [3.63, 3.8) is 0 Å². The van der Waals surface area contributed by atoms with E-state index in [2.05, 4.69) is 16.4 Å². The van der Waals surface area contributed by atoms with Crippen LogP contribution in [0.5, 0.6) is 0 Å². The van der Waals surface area contributed by atoms with Gasteiger partial charge in [-0.05, 0) is 42.3 Å². The molecule has 4 atom stereocenters. The largest absolute Gasteiger partial charge is 0.361 e. The Morgan fingerprint density at radius 1 is 1.22 bits per heavy atom. The van der Waals surface area contributed by atoms with Gasteiger partial charge in [-0.3, -0.25) is 9.59 Å². The van der Waals surface area contributed by atoms with Crippen molar-refractivity contribution in [2.75, 3.05) is 18.0 Å². The number of hydrogen-bond donors (Lipinski definition) is 2. The van der Waals surface area contributed by atoms with Gasteiger partial charge in [-0.1, -0.05) is 42.0 Å². The van der Waals surface area contributed by atoms with Crippen LogP contribution < -0.4 is 10.2 Å². The molecule has 2 amide bonds. The highest BCUT2D eigenvalue weighted by Gasteiger charge is 2.67. The third-order valence-electron chi connectivity index (χ3n) is 6.91. The summed E-state index contributed by atoms with van der Waals surface area (Å²) in [6.45, 7) is 0.909. The van der Waals surface area contributed by atoms with Gasteiger partial charge in [0.1, 0.15) is 5.60 Å². The number of nitrogens with zero attached hydrogens (tertiary/aromatic N) is 1. The van der Waals surface area contributed by atoms with Crippen LogP contribution in [-0.4, -0.2) is 41.6 Å². The monoisotopic (exact) mass is 447 g/mol. The Balaban J connectivity index is 1.18. The number of H-pyrrole nitrogens is 1. The molecule has 1 aromatic heterocycles. The van der Waals surface area contributed by atoms with Crippen molar-refractivity contribution in [1.29, 1.82) is 0 Å². The van der Waals surface area contributed by atoms with Gasteiger partial charge in [0.2, 0.25) is 11.8 Å². The summed E-state index contributed by atoms with van der Waals surface area (Å²) in [5.74, 6) is -1.23. The molecule has 2 bridgehead atoms. The molecular formula is C25H22ClN3O3. The Kier molecular flexibility index (Phi) is 4.42. The van der Waals surface area contributed by atoms with Crippen molar-refractivity contribution >= 4 is 40.0 Å². The van der Waals surface area contributed by atoms with Crippen molar-refractivity contribution in [3.8, 4) is 0 Å². The lowest BCUT2D eigenvalue weighted by molar-refractivity contribution is -0.131. The van der Waals surface area contributed by atoms with E-state index in [0.717, 1.165) is 22.2 Å². The van der Waals surface area contributed by atoms with Gasteiger partial charge in [0.25, 0.3) is 0 Å². The summed E-state index contributed by atoms with van der Waals surface area (Å²) >= 11 is 6.00. The van der Waals surface area contributed by atoms with Crippen molar-refractivity contribution in [3.05, 3.63) is 77.5 Å². The van der Waals surface area contributed by atoms with Crippen LogP contribution in [0.15, 0.2) is 66.9 Å². The SMILES string of the molecule is O=C(NCCc1c[nH]c2ccccc12)[C@@H]1[C@@H]2C=C[C@]3(CN(c4ccc(Cl)cc4)C(=O)[C@@H]13)O2. The molecule has 2 saturated heterocycles. The topological polar surface area (TPSA) is 74.4 Å². The van der Waals surface area contributed by atoms with Gasteiger partial charge in [0.05, 0.1) is 24.5 Å². The smallest absolute Gasteiger partial charge is 0.234 e. The fourth-order valence-corrected chi connectivity index (χ4v) is 5.54. The maximum Gasteiger partial charge on any atom is 0.234 e. The lowest BCUT2D eigenvalue weighted by Crippen LogP contribution is -2.44. The Hall–Kier alpha value is -3.09. The minimum Gasteiger partial charge on any atom is -0.361 e. The molecule has 162 valence electrons. The highest BCUT2D eigenvalue weighted by molar-refractivity contribution is 6.30. The van der Waals surface area contributed by atoms with E-state index in [9.17, 15) is 9.59 Å². The minimum absolute atomic E-state index is 0.0732. The predicted octanol–water partition coefficient (Wildman–Crippen LogP) is 3.47. The van der Waals surface area contributed by atoms with Crippen LogP contribution >= 0.6 is 11.6 Å². The molecule has 3 aromatic rings. The number of ether oxygens (including phenoxy) is 1. The summed E-state index contributed by atoms with van der Waals surface area (Å²) in [5.41, 5.74) is 2.27. The first kappa shape index (κ1) is 19.6. The zero-order chi connectivity index (χ0) is 21.9. The van der Waals surface area contributed by atoms with Crippen LogP contribution in [0.2, 0.25) is 5.02 Å². The Bertz CT molecular complexity index is 1250. The summed E-state index contributed by atoms with van der Waals surface area (Å²) in [4.78, 5) is 31.5. The quantitative estimate of drug-likeness (QED) is 0.588. The predicted molar refractivity (Wildman–Crippen MR) is 123 cm³/mol. The first-order valence-corrected chi connectivity index (χ1v) is 11.2. The average Bonchev–Trinajstić information content (AvgIpc) is 3.54. The number of halogens is 1.